The molecule has 2 aromatic rings. The summed E-state index contributed by atoms with van der Waals surface area (Å²) in [4.78, 5) is 44.5. The lowest BCUT2D eigenvalue weighted by Gasteiger charge is -2.22. The van der Waals surface area contributed by atoms with Gasteiger partial charge in [0.1, 0.15) is 11.4 Å². The lowest BCUT2D eigenvalue weighted by molar-refractivity contribution is -0.114. The maximum absolute atomic E-state index is 13.2. The van der Waals surface area contributed by atoms with E-state index in [4.69, 9.17) is 4.98 Å². The molecule has 0 unspecified atom stereocenters. The third kappa shape index (κ3) is 2.91. The smallest absolute Gasteiger partial charge is 0.228 e. The lowest BCUT2D eigenvalue weighted by Crippen LogP contribution is -2.23. The molecule has 0 bridgehead atoms. The Morgan fingerprint density at radius 1 is 1.03 bits per heavy atom. The van der Waals surface area contributed by atoms with Crippen LogP contribution in [0.3, 0.4) is 0 Å². The van der Waals surface area contributed by atoms with E-state index >= 15 is 0 Å². The third-order valence-electron chi connectivity index (χ3n) is 4.90. The third-order valence-corrected chi connectivity index (χ3v) is 4.90. The lowest BCUT2D eigenvalue weighted by atomic mass is 10.0. The number of amides is 1. The molecule has 146 valence electrons. The molecule has 0 fully saturated rings. The molecule has 0 radical (unpaired) electrons. The van der Waals surface area contributed by atoms with Crippen LogP contribution in [0, 0.1) is 0 Å². The molecule has 1 amide bonds. The summed E-state index contributed by atoms with van der Waals surface area (Å²) in [5.41, 5.74) is 2.59. The van der Waals surface area contributed by atoms with Gasteiger partial charge in [0.15, 0.2) is 0 Å². The van der Waals surface area contributed by atoms with Gasteiger partial charge in [0, 0.05) is 44.4 Å². The van der Waals surface area contributed by atoms with E-state index in [1.807, 2.05) is 43.3 Å². The number of aromatic nitrogens is 2. The SMILES string of the molecule is CC(=O)Nc1c2n(C(C)=O)c3cc(N(C)C)ccc3nc-2c2ccccc2c1=O. The second-order valence-corrected chi connectivity index (χ2v) is 7.16. The predicted octanol–water partition coefficient (Wildman–Crippen LogP) is 3.34. The van der Waals surface area contributed by atoms with Gasteiger partial charge in [0.25, 0.3) is 0 Å². The fourth-order valence-electron chi connectivity index (χ4n) is 3.63. The molecular formula is C22H20N4O3. The number of nitrogens with zero attached hydrogens (tertiary/aromatic N) is 3. The van der Waals surface area contributed by atoms with Crippen molar-refractivity contribution in [2.75, 3.05) is 24.3 Å². The standard InChI is InChI=1S/C22H20N4O3/c1-12(27)23-20-21-19(15-7-5-6-8-16(15)22(20)29)24-17-10-9-14(25(3)4)11-18(17)26(21)13(2)28/h5-11H,1-4H3,(H,23,27). The normalized spacial score (nSPS) is 11.2. The first-order chi connectivity index (χ1) is 13.8. The highest BCUT2D eigenvalue weighted by Gasteiger charge is 2.26. The molecule has 1 aliphatic carbocycles. The fraction of sp³-hybridized carbons (Fsp3) is 0.182. The number of hydrogen-bond acceptors (Lipinski definition) is 5. The van der Waals surface area contributed by atoms with Crippen LogP contribution in [0.4, 0.5) is 11.4 Å². The Bertz CT molecular complexity index is 1340. The van der Waals surface area contributed by atoms with Crippen LogP contribution in [0.25, 0.3) is 33.2 Å². The molecule has 7 heteroatoms. The molecular weight excluding hydrogens is 368 g/mol. The van der Waals surface area contributed by atoms with Crippen LogP contribution in [0.15, 0.2) is 47.3 Å². The van der Waals surface area contributed by atoms with E-state index in [1.54, 1.807) is 18.2 Å². The van der Waals surface area contributed by atoms with Crippen LogP contribution in [0.5, 0.6) is 0 Å². The number of anilines is 2. The number of nitrogens with one attached hydrogen (secondary N) is 1. The summed E-state index contributed by atoms with van der Waals surface area (Å²) in [6.07, 6.45) is 0. The molecule has 1 N–H and O–H groups in total. The highest BCUT2D eigenvalue weighted by atomic mass is 16.2. The van der Waals surface area contributed by atoms with E-state index in [0.717, 1.165) is 5.69 Å². The summed E-state index contributed by atoms with van der Waals surface area (Å²) in [5.74, 6) is -0.671. The zero-order valence-electron chi connectivity index (χ0n) is 16.6. The summed E-state index contributed by atoms with van der Waals surface area (Å²) >= 11 is 0. The number of hydrogen-bond donors (Lipinski definition) is 1. The van der Waals surface area contributed by atoms with E-state index in [9.17, 15) is 14.4 Å². The molecule has 4 rings (SSSR count). The number of carbonyl (C=O) groups excluding carboxylic acids is 2. The summed E-state index contributed by atoms with van der Waals surface area (Å²) < 4.78 is 1.46. The van der Waals surface area contributed by atoms with Crippen molar-refractivity contribution in [3.8, 4) is 11.4 Å². The van der Waals surface area contributed by atoms with Crippen molar-refractivity contribution in [3.05, 3.63) is 52.7 Å². The van der Waals surface area contributed by atoms with Gasteiger partial charge in [0.05, 0.1) is 16.7 Å². The maximum Gasteiger partial charge on any atom is 0.228 e. The monoisotopic (exact) mass is 388 g/mol. The van der Waals surface area contributed by atoms with Crippen molar-refractivity contribution in [2.45, 2.75) is 13.8 Å². The van der Waals surface area contributed by atoms with Crippen LogP contribution >= 0.6 is 0 Å². The van der Waals surface area contributed by atoms with Gasteiger partial charge in [0.2, 0.25) is 17.2 Å². The molecule has 0 saturated carbocycles. The summed E-state index contributed by atoms with van der Waals surface area (Å²) in [6, 6.07) is 12.7. The molecule has 0 aromatic heterocycles. The zero-order valence-corrected chi connectivity index (χ0v) is 16.6. The minimum Gasteiger partial charge on any atom is -0.378 e. The molecule has 7 nitrogen and oxygen atoms in total. The summed E-state index contributed by atoms with van der Waals surface area (Å²) in [6.45, 7) is 2.76. The number of fused-ring (bicyclic) bond motifs is 4. The van der Waals surface area contributed by atoms with Crippen molar-refractivity contribution in [1.82, 2.24) is 9.55 Å². The Morgan fingerprint density at radius 3 is 2.34 bits per heavy atom. The maximum atomic E-state index is 13.2. The first kappa shape index (κ1) is 18.6. The number of benzene rings is 3. The highest BCUT2D eigenvalue weighted by molar-refractivity contribution is 6.09. The fourth-order valence-corrected chi connectivity index (χ4v) is 3.63. The summed E-state index contributed by atoms with van der Waals surface area (Å²) in [5, 5.41) is 3.71. The molecule has 29 heavy (non-hydrogen) atoms. The van der Waals surface area contributed by atoms with E-state index in [1.165, 1.54) is 18.4 Å². The molecule has 0 spiro atoms. The van der Waals surface area contributed by atoms with Crippen LogP contribution in [0.1, 0.15) is 18.6 Å². The highest BCUT2D eigenvalue weighted by Crippen LogP contribution is 2.36. The number of carbonyl (C=O) groups is 2. The zero-order chi connectivity index (χ0) is 20.9. The average Bonchev–Trinajstić information content (AvgIpc) is 2.68. The Morgan fingerprint density at radius 2 is 1.72 bits per heavy atom. The van der Waals surface area contributed by atoms with Gasteiger partial charge >= 0.3 is 0 Å². The first-order valence-electron chi connectivity index (χ1n) is 9.16. The Kier molecular flexibility index (Phi) is 4.30. The largest absolute Gasteiger partial charge is 0.378 e. The van der Waals surface area contributed by atoms with Crippen LogP contribution < -0.4 is 15.6 Å². The topological polar surface area (TPSA) is 84.3 Å². The van der Waals surface area contributed by atoms with Gasteiger partial charge < -0.3 is 10.2 Å². The average molecular weight is 388 g/mol. The van der Waals surface area contributed by atoms with E-state index in [0.29, 0.717) is 33.2 Å². The molecule has 2 aliphatic rings. The van der Waals surface area contributed by atoms with Crippen molar-refractivity contribution in [3.63, 3.8) is 0 Å². The van der Waals surface area contributed by atoms with Crippen LogP contribution in [-0.4, -0.2) is 35.5 Å². The van der Waals surface area contributed by atoms with E-state index < -0.39 is 5.91 Å². The van der Waals surface area contributed by atoms with Gasteiger partial charge in [-0.2, -0.15) is 0 Å². The van der Waals surface area contributed by atoms with Crippen molar-refractivity contribution >= 4 is 45.0 Å². The van der Waals surface area contributed by atoms with E-state index in [-0.39, 0.29) is 17.0 Å². The van der Waals surface area contributed by atoms with E-state index in [2.05, 4.69) is 5.32 Å². The van der Waals surface area contributed by atoms with Crippen LogP contribution in [0.2, 0.25) is 0 Å². The molecule has 2 aromatic carbocycles. The predicted molar refractivity (Wildman–Crippen MR) is 115 cm³/mol. The Labute approximate surface area is 166 Å². The van der Waals surface area contributed by atoms with Crippen molar-refractivity contribution in [2.24, 2.45) is 0 Å². The Balaban J connectivity index is 2.31. The molecule has 0 atom stereocenters. The van der Waals surface area contributed by atoms with Crippen LogP contribution in [-0.2, 0) is 4.79 Å². The molecule has 1 heterocycles. The van der Waals surface area contributed by atoms with Crippen molar-refractivity contribution < 1.29 is 9.59 Å². The Hall–Kier alpha value is -3.74. The van der Waals surface area contributed by atoms with Gasteiger partial charge in [-0.05, 0) is 18.2 Å². The second-order valence-electron chi connectivity index (χ2n) is 7.16. The number of rotatable bonds is 2. The van der Waals surface area contributed by atoms with Gasteiger partial charge in [-0.3, -0.25) is 19.0 Å². The minimum absolute atomic E-state index is 0.0612. The summed E-state index contributed by atoms with van der Waals surface area (Å²) in [7, 11) is 3.81. The van der Waals surface area contributed by atoms with Gasteiger partial charge in [-0.15, -0.1) is 0 Å². The molecule has 0 saturated heterocycles. The molecule has 1 aliphatic heterocycles. The quantitative estimate of drug-likeness (QED) is 0.421. The van der Waals surface area contributed by atoms with Gasteiger partial charge in [-0.1, -0.05) is 24.3 Å². The van der Waals surface area contributed by atoms with Gasteiger partial charge in [-0.25, -0.2) is 4.98 Å². The first-order valence-corrected chi connectivity index (χ1v) is 9.16. The minimum atomic E-state index is -0.393. The van der Waals surface area contributed by atoms with Crippen molar-refractivity contribution in [1.29, 1.82) is 0 Å². The second kappa shape index (κ2) is 6.70.